The van der Waals surface area contributed by atoms with Crippen LogP contribution in [-0.2, 0) is 9.53 Å². The van der Waals surface area contributed by atoms with Gasteiger partial charge in [0.1, 0.15) is 23.3 Å². The molecule has 0 spiro atoms. The van der Waals surface area contributed by atoms with Crippen molar-refractivity contribution in [1.29, 1.82) is 0 Å². The number of para-hydroxylation sites is 1. The van der Waals surface area contributed by atoms with Gasteiger partial charge in [-0.25, -0.2) is 9.79 Å². The molecule has 5 rings (SSSR count). The zero-order valence-corrected chi connectivity index (χ0v) is 23.9. The van der Waals surface area contributed by atoms with Gasteiger partial charge in [-0.1, -0.05) is 29.5 Å². The fourth-order valence-electron chi connectivity index (χ4n) is 4.87. The molecule has 0 fully saturated rings. The number of carbonyl (C=O) groups excluding carboxylic acids is 1. The SMILES string of the molecule is CCOC(=O)C1=C(C)N=c2s/c(=C\c3ccc(-c4cc(C)c(C)c([N+](=O)[O-])c4)o3)c(=O)n2C1c1ccccc1OC. The maximum absolute atomic E-state index is 13.9. The number of aromatic nitrogens is 1. The van der Waals surface area contributed by atoms with Crippen LogP contribution in [0.15, 0.2) is 74.0 Å². The van der Waals surface area contributed by atoms with Gasteiger partial charge in [-0.2, -0.15) is 0 Å². The Hall–Kier alpha value is -4.77. The molecule has 10 nitrogen and oxygen atoms in total. The van der Waals surface area contributed by atoms with Crippen LogP contribution in [0.1, 0.15) is 42.3 Å². The molecule has 210 valence electrons. The van der Waals surface area contributed by atoms with E-state index in [1.807, 2.05) is 18.2 Å². The second-order valence-electron chi connectivity index (χ2n) is 9.44. The van der Waals surface area contributed by atoms with Crippen LogP contribution < -0.4 is 19.6 Å². The maximum Gasteiger partial charge on any atom is 0.338 e. The largest absolute Gasteiger partial charge is 0.496 e. The molecule has 41 heavy (non-hydrogen) atoms. The quantitative estimate of drug-likeness (QED) is 0.180. The summed E-state index contributed by atoms with van der Waals surface area (Å²) in [6, 6.07) is 13.1. The second kappa shape index (κ2) is 11.0. The number of aryl methyl sites for hydroxylation is 1. The van der Waals surface area contributed by atoms with Gasteiger partial charge in [-0.15, -0.1) is 0 Å². The van der Waals surface area contributed by atoms with Gasteiger partial charge in [0, 0.05) is 28.8 Å². The summed E-state index contributed by atoms with van der Waals surface area (Å²) in [5, 5.41) is 11.5. The summed E-state index contributed by atoms with van der Waals surface area (Å²) in [6.45, 7) is 7.12. The Morgan fingerprint density at radius 1 is 1.20 bits per heavy atom. The number of methoxy groups -OCH3 is 1. The van der Waals surface area contributed by atoms with Crippen molar-refractivity contribution in [3.8, 4) is 17.1 Å². The number of hydrogen-bond acceptors (Lipinski definition) is 9. The first-order valence-electron chi connectivity index (χ1n) is 12.8. The molecule has 0 amide bonds. The maximum atomic E-state index is 13.9. The Kier molecular flexibility index (Phi) is 7.46. The molecule has 1 atom stereocenters. The Balaban J connectivity index is 1.64. The number of nitro groups is 1. The van der Waals surface area contributed by atoms with Crippen molar-refractivity contribution in [1.82, 2.24) is 4.57 Å². The minimum atomic E-state index is -0.813. The van der Waals surface area contributed by atoms with E-state index < -0.39 is 16.9 Å². The van der Waals surface area contributed by atoms with Gasteiger partial charge in [0.15, 0.2) is 4.80 Å². The third-order valence-electron chi connectivity index (χ3n) is 6.97. The number of hydrogen-bond donors (Lipinski definition) is 0. The van der Waals surface area contributed by atoms with E-state index >= 15 is 0 Å². The smallest absolute Gasteiger partial charge is 0.338 e. The Labute approximate surface area is 238 Å². The highest BCUT2D eigenvalue weighted by atomic mass is 32.1. The molecule has 1 aliphatic rings. The molecule has 0 N–H and O–H groups in total. The molecule has 0 aliphatic carbocycles. The van der Waals surface area contributed by atoms with Gasteiger partial charge in [-0.3, -0.25) is 19.5 Å². The van der Waals surface area contributed by atoms with Gasteiger partial charge in [-0.05, 0) is 57.5 Å². The summed E-state index contributed by atoms with van der Waals surface area (Å²) in [5.41, 5.74) is 2.89. The second-order valence-corrected chi connectivity index (χ2v) is 10.4. The number of carbonyl (C=O) groups is 1. The normalized spacial score (nSPS) is 15.0. The van der Waals surface area contributed by atoms with Crippen LogP contribution in [0.2, 0.25) is 0 Å². The predicted molar refractivity (Wildman–Crippen MR) is 154 cm³/mol. The number of furan rings is 1. The Bertz CT molecular complexity index is 1910. The van der Waals surface area contributed by atoms with E-state index in [2.05, 4.69) is 4.99 Å². The lowest BCUT2D eigenvalue weighted by Crippen LogP contribution is -2.40. The molecule has 3 heterocycles. The van der Waals surface area contributed by atoms with E-state index in [0.717, 1.165) is 5.56 Å². The number of rotatable bonds is 7. The lowest BCUT2D eigenvalue weighted by Gasteiger charge is -2.25. The molecule has 0 saturated carbocycles. The van der Waals surface area contributed by atoms with E-state index in [9.17, 15) is 19.7 Å². The molecule has 2 aromatic carbocycles. The number of allylic oxidation sites excluding steroid dienone is 1. The molecule has 1 aliphatic heterocycles. The van der Waals surface area contributed by atoms with Crippen molar-refractivity contribution in [3.63, 3.8) is 0 Å². The van der Waals surface area contributed by atoms with Gasteiger partial charge in [0.25, 0.3) is 11.2 Å². The summed E-state index contributed by atoms with van der Waals surface area (Å²) in [7, 11) is 1.53. The van der Waals surface area contributed by atoms with E-state index in [-0.39, 0.29) is 23.4 Å². The Morgan fingerprint density at radius 2 is 1.95 bits per heavy atom. The van der Waals surface area contributed by atoms with Crippen LogP contribution in [0.25, 0.3) is 17.4 Å². The van der Waals surface area contributed by atoms with Crippen molar-refractivity contribution < 1.29 is 23.6 Å². The van der Waals surface area contributed by atoms with Crippen LogP contribution in [0, 0.1) is 24.0 Å². The topological polar surface area (TPSA) is 126 Å². The first kappa shape index (κ1) is 27.8. The van der Waals surface area contributed by atoms with Crippen LogP contribution >= 0.6 is 11.3 Å². The standard InChI is InChI=1S/C30H27N3O7S/c1-6-39-29(35)26-18(4)31-30-32(27(26)21-9-7-8-10-24(21)38-5)28(34)25(41-30)15-20-11-12-23(40-20)19-13-16(2)17(3)22(14-19)33(36)37/h7-15,27H,6H2,1-5H3/b25-15-. The molecule has 4 aromatic rings. The number of ether oxygens (including phenoxy) is 2. The monoisotopic (exact) mass is 573 g/mol. The van der Waals surface area contributed by atoms with Crippen molar-refractivity contribution in [2.24, 2.45) is 4.99 Å². The lowest BCUT2D eigenvalue weighted by atomic mass is 9.95. The zero-order chi connectivity index (χ0) is 29.4. The summed E-state index contributed by atoms with van der Waals surface area (Å²) >= 11 is 1.17. The van der Waals surface area contributed by atoms with Gasteiger partial charge >= 0.3 is 5.97 Å². The van der Waals surface area contributed by atoms with Crippen LogP contribution in [0.3, 0.4) is 0 Å². The molecule has 1 unspecified atom stereocenters. The van der Waals surface area contributed by atoms with Crippen LogP contribution in [0.5, 0.6) is 5.75 Å². The van der Waals surface area contributed by atoms with Crippen LogP contribution in [0.4, 0.5) is 5.69 Å². The first-order valence-corrected chi connectivity index (χ1v) is 13.6. The van der Waals surface area contributed by atoms with Crippen molar-refractivity contribution in [2.75, 3.05) is 13.7 Å². The van der Waals surface area contributed by atoms with Gasteiger partial charge < -0.3 is 13.9 Å². The summed E-state index contributed by atoms with van der Waals surface area (Å²) < 4.78 is 18.7. The van der Waals surface area contributed by atoms with Gasteiger partial charge in [0.05, 0.1) is 34.4 Å². The number of nitrogens with zero attached hydrogens (tertiary/aromatic N) is 3. The molecule has 11 heteroatoms. The van der Waals surface area contributed by atoms with E-state index in [4.69, 9.17) is 13.9 Å². The van der Waals surface area contributed by atoms with Crippen molar-refractivity contribution in [3.05, 3.63) is 112 Å². The fourth-order valence-corrected chi connectivity index (χ4v) is 5.89. The Morgan fingerprint density at radius 3 is 2.66 bits per heavy atom. The average molecular weight is 574 g/mol. The number of nitro benzene ring substituents is 1. The minimum Gasteiger partial charge on any atom is -0.496 e. The molecule has 0 radical (unpaired) electrons. The summed E-state index contributed by atoms with van der Waals surface area (Å²) in [5.74, 6) is 0.780. The van der Waals surface area contributed by atoms with E-state index in [1.54, 1.807) is 58.0 Å². The zero-order valence-electron chi connectivity index (χ0n) is 23.1. The van der Waals surface area contributed by atoms with E-state index in [0.29, 0.717) is 49.0 Å². The highest BCUT2D eigenvalue weighted by molar-refractivity contribution is 7.07. The molecular weight excluding hydrogens is 546 g/mol. The number of esters is 1. The number of benzene rings is 2. The fraction of sp³-hybridized carbons (Fsp3) is 0.233. The highest BCUT2D eigenvalue weighted by Crippen LogP contribution is 2.36. The summed E-state index contributed by atoms with van der Waals surface area (Å²) in [6.07, 6.45) is 1.60. The van der Waals surface area contributed by atoms with Crippen LogP contribution in [-0.4, -0.2) is 29.2 Å². The third kappa shape index (κ3) is 5.00. The molecule has 2 aromatic heterocycles. The number of fused-ring (bicyclic) bond motifs is 1. The lowest BCUT2D eigenvalue weighted by molar-refractivity contribution is -0.385. The molecular formula is C30H27N3O7S. The average Bonchev–Trinajstić information content (AvgIpc) is 3.53. The van der Waals surface area contributed by atoms with E-state index in [1.165, 1.54) is 29.1 Å². The molecule has 0 bridgehead atoms. The third-order valence-corrected chi connectivity index (χ3v) is 7.95. The predicted octanol–water partition coefficient (Wildman–Crippen LogP) is 4.59. The van der Waals surface area contributed by atoms with Crippen molar-refractivity contribution >= 4 is 29.1 Å². The number of thiazole rings is 1. The molecule has 0 saturated heterocycles. The first-order chi connectivity index (χ1) is 19.6. The highest BCUT2D eigenvalue weighted by Gasteiger charge is 2.35. The van der Waals surface area contributed by atoms with Crippen molar-refractivity contribution in [2.45, 2.75) is 33.7 Å². The summed E-state index contributed by atoms with van der Waals surface area (Å²) in [4.78, 5) is 43.1. The van der Waals surface area contributed by atoms with Gasteiger partial charge in [0.2, 0.25) is 0 Å². The minimum absolute atomic E-state index is 0.00960.